The molecular formula is C15H17N3O. The van der Waals surface area contributed by atoms with E-state index in [-0.39, 0.29) is 5.91 Å². The molecular weight excluding hydrogens is 238 g/mol. The number of amides is 1. The van der Waals surface area contributed by atoms with Crippen molar-refractivity contribution in [3.8, 4) is 0 Å². The summed E-state index contributed by atoms with van der Waals surface area (Å²) in [5.74, 6) is -0.200. The molecule has 0 aliphatic rings. The van der Waals surface area contributed by atoms with Gasteiger partial charge < -0.3 is 11.1 Å². The van der Waals surface area contributed by atoms with Crippen LogP contribution in [0.25, 0.3) is 0 Å². The summed E-state index contributed by atoms with van der Waals surface area (Å²) < 4.78 is 0. The number of hydrogen-bond donors (Lipinski definition) is 2. The fourth-order valence-electron chi connectivity index (χ4n) is 1.80. The van der Waals surface area contributed by atoms with Gasteiger partial charge in [0, 0.05) is 5.69 Å². The van der Waals surface area contributed by atoms with Crippen LogP contribution in [0.2, 0.25) is 0 Å². The topological polar surface area (TPSA) is 68.0 Å². The second kappa shape index (κ2) is 6.11. The zero-order chi connectivity index (χ0) is 13.7. The third-order valence-electron chi connectivity index (χ3n) is 2.83. The Morgan fingerprint density at radius 3 is 2.63 bits per heavy atom. The molecule has 98 valence electrons. The maximum atomic E-state index is 11.9. The molecule has 3 N–H and O–H groups in total. The van der Waals surface area contributed by atoms with Gasteiger partial charge in [-0.15, -0.1) is 0 Å². The van der Waals surface area contributed by atoms with Crippen molar-refractivity contribution in [2.45, 2.75) is 19.5 Å². The first-order valence-electron chi connectivity index (χ1n) is 6.17. The molecule has 1 heterocycles. The molecule has 0 fully saturated rings. The lowest BCUT2D eigenvalue weighted by Crippen LogP contribution is -2.33. The predicted molar refractivity (Wildman–Crippen MR) is 74.2 cm³/mol. The number of nitrogens with zero attached hydrogens (tertiary/aromatic N) is 1. The highest BCUT2D eigenvalue weighted by Gasteiger charge is 2.14. The van der Waals surface area contributed by atoms with Gasteiger partial charge in [0.25, 0.3) is 0 Å². The molecule has 0 aliphatic heterocycles. The molecule has 0 saturated carbocycles. The molecule has 0 unspecified atom stereocenters. The minimum absolute atomic E-state index is 0.200. The van der Waals surface area contributed by atoms with E-state index in [1.54, 1.807) is 0 Å². The Hall–Kier alpha value is -2.20. The van der Waals surface area contributed by atoms with Gasteiger partial charge in [-0.05, 0) is 24.6 Å². The van der Waals surface area contributed by atoms with Gasteiger partial charge in [0.2, 0.25) is 5.91 Å². The summed E-state index contributed by atoms with van der Waals surface area (Å²) in [5, 5.41) is 2.80. The Morgan fingerprint density at radius 2 is 1.95 bits per heavy atom. The number of rotatable bonds is 4. The number of carbonyl (C=O) groups excluding carboxylic acids is 1. The largest absolute Gasteiger partial charge is 0.349 e. The third-order valence-corrected chi connectivity index (χ3v) is 2.83. The lowest BCUT2D eigenvalue weighted by molar-refractivity contribution is -0.122. The third kappa shape index (κ3) is 3.63. The molecule has 2 rings (SSSR count). The van der Waals surface area contributed by atoms with E-state index in [9.17, 15) is 4.79 Å². The molecule has 0 aliphatic carbocycles. The van der Waals surface area contributed by atoms with Crippen molar-refractivity contribution in [3.05, 3.63) is 65.5 Å². The number of pyridine rings is 1. The highest BCUT2D eigenvalue weighted by Crippen LogP contribution is 2.09. The minimum atomic E-state index is -0.647. The van der Waals surface area contributed by atoms with Crippen LogP contribution < -0.4 is 11.1 Å². The Bertz CT molecular complexity index is 554. The molecule has 19 heavy (non-hydrogen) atoms. The first kappa shape index (κ1) is 13.2. The summed E-state index contributed by atoms with van der Waals surface area (Å²) in [7, 11) is 0. The van der Waals surface area contributed by atoms with Crippen molar-refractivity contribution in [2.75, 3.05) is 0 Å². The molecule has 0 bridgehead atoms. The highest BCUT2D eigenvalue weighted by atomic mass is 16.2. The molecule has 0 spiro atoms. The lowest BCUT2D eigenvalue weighted by atomic mass is 10.1. The number of carbonyl (C=O) groups is 1. The molecule has 1 amide bonds. The van der Waals surface area contributed by atoms with Gasteiger partial charge in [-0.3, -0.25) is 9.78 Å². The molecule has 1 aromatic carbocycles. The van der Waals surface area contributed by atoms with Crippen LogP contribution in [0.15, 0.2) is 48.5 Å². The number of benzene rings is 1. The van der Waals surface area contributed by atoms with E-state index < -0.39 is 6.04 Å². The Kier molecular flexibility index (Phi) is 4.26. The molecule has 4 nitrogen and oxygen atoms in total. The van der Waals surface area contributed by atoms with E-state index in [1.807, 2.05) is 55.5 Å². The summed E-state index contributed by atoms with van der Waals surface area (Å²) in [6.07, 6.45) is 0. The van der Waals surface area contributed by atoms with E-state index in [1.165, 1.54) is 0 Å². The molecule has 1 atom stereocenters. The van der Waals surface area contributed by atoms with Crippen LogP contribution >= 0.6 is 0 Å². The normalized spacial score (nSPS) is 11.9. The number of hydrogen-bond acceptors (Lipinski definition) is 3. The molecule has 2 aromatic rings. The summed E-state index contributed by atoms with van der Waals surface area (Å²) in [6.45, 7) is 2.31. The fourth-order valence-corrected chi connectivity index (χ4v) is 1.80. The molecule has 0 radical (unpaired) electrons. The summed E-state index contributed by atoms with van der Waals surface area (Å²) >= 11 is 0. The first-order valence-corrected chi connectivity index (χ1v) is 6.17. The van der Waals surface area contributed by atoms with Crippen molar-refractivity contribution in [1.82, 2.24) is 10.3 Å². The smallest absolute Gasteiger partial charge is 0.241 e. The first-order chi connectivity index (χ1) is 9.16. The standard InChI is InChI=1S/C15H17N3O/c1-11-6-5-9-13(18-11)10-17-15(19)14(16)12-7-3-2-4-8-12/h2-9,14H,10,16H2,1H3,(H,17,19)/t14-/m0/s1. The average molecular weight is 255 g/mol. The van der Waals surface area contributed by atoms with Crippen molar-refractivity contribution in [3.63, 3.8) is 0 Å². The van der Waals surface area contributed by atoms with Crippen molar-refractivity contribution in [1.29, 1.82) is 0 Å². The monoisotopic (exact) mass is 255 g/mol. The maximum absolute atomic E-state index is 11.9. The minimum Gasteiger partial charge on any atom is -0.349 e. The van der Waals surface area contributed by atoms with Gasteiger partial charge in [0.1, 0.15) is 6.04 Å². The number of aromatic nitrogens is 1. The van der Waals surface area contributed by atoms with Crippen LogP contribution in [0.4, 0.5) is 0 Å². The number of nitrogens with two attached hydrogens (primary N) is 1. The molecule has 4 heteroatoms. The van der Waals surface area contributed by atoms with Gasteiger partial charge in [-0.2, -0.15) is 0 Å². The number of nitrogens with one attached hydrogen (secondary N) is 1. The van der Waals surface area contributed by atoms with Crippen molar-refractivity contribution in [2.24, 2.45) is 5.73 Å². The summed E-state index contributed by atoms with van der Waals surface area (Å²) in [6, 6.07) is 14.4. The van der Waals surface area contributed by atoms with E-state index in [2.05, 4.69) is 10.3 Å². The highest BCUT2D eigenvalue weighted by molar-refractivity contribution is 5.82. The Morgan fingerprint density at radius 1 is 1.21 bits per heavy atom. The van der Waals surface area contributed by atoms with E-state index in [0.29, 0.717) is 6.54 Å². The molecule has 0 saturated heterocycles. The molecule has 1 aromatic heterocycles. The van der Waals surface area contributed by atoms with Gasteiger partial charge in [0.15, 0.2) is 0 Å². The number of aryl methyl sites for hydroxylation is 1. The van der Waals surface area contributed by atoms with Gasteiger partial charge in [-0.25, -0.2) is 0 Å². The van der Waals surface area contributed by atoms with Crippen LogP contribution in [0.5, 0.6) is 0 Å². The fraction of sp³-hybridized carbons (Fsp3) is 0.200. The predicted octanol–water partition coefficient (Wildman–Crippen LogP) is 1.71. The Labute approximate surface area is 112 Å². The van der Waals surface area contributed by atoms with E-state index >= 15 is 0 Å². The SMILES string of the molecule is Cc1cccc(CNC(=O)[C@@H](N)c2ccccc2)n1. The second-order valence-corrected chi connectivity index (χ2v) is 4.38. The van der Waals surface area contributed by atoms with Gasteiger partial charge in [-0.1, -0.05) is 36.4 Å². The second-order valence-electron chi connectivity index (χ2n) is 4.38. The quantitative estimate of drug-likeness (QED) is 0.873. The van der Waals surface area contributed by atoms with Gasteiger partial charge in [0.05, 0.1) is 12.2 Å². The zero-order valence-corrected chi connectivity index (χ0v) is 10.8. The maximum Gasteiger partial charge on any atom is 0.241 e. The van der Waals surface area contributed by atoms with Crippen molar-refractivity contribution < 1.29 is 4.79 Å². The van der Waals surface area contributed by atoms with Crippen LogP contribution in [-0.2, 0) is 11.3 Å². The summed E-state index contributed by atoms with van der Waals surface area (Å²) in [4.78, 5) is 16.3. The van der Waals surface area contributed by atoms with E-state index in [4.69, 9.17) is 5.73 Å². The summed E-state index contributed by atoms with van der Waals surface area (Å²) in [5.41, 5.74) is 8.46. The van der Waals surface area contributed by atoms with Crippen molar-refractivity contribution >= 4 is 5.91 Å². The van der Waals surface area contributed by atoms with Gasteiger partial charge >= 0.3 is 0 Å². The lowest BCUT2D eigenvalue weighted by Gasteiger charge is -2.12. The van der Waals surface area contributed by atoms with Crippen LogP contribution in [0.1, 0.15) is 23.0 Å². The Balaban J connectivity index is 1.95. The van der Waals surface area contributed by atoms with Crippen LogP contribution in [0, 0.1) is 6.92 Å². The zero-order valence-electron chi connectivity index (χ0n) is 10.8. The van der Waals surface area contributed by atoms with Crippen LogP contribution in [0.3, 0.4) is 0 Å². The van der Waals surface area contributed by atoms with E-state index in [0.717, 1.165) is 17.0 Å². The average Bonchev–Trinajstić information content (AvgIpc) is 2.45. The van der Waals surface area contributed by atoms with Crippen LogP contribution in [-0.4, -0.2) is 10.9 Å².